The number of hydrogen-bond acceptors (Lipinski definition) is 5. The highest BCUT2D eigenvalue weighted by molar-refractivity contribution is 7.11. The molecule has 2 rings (SSSR count). The molecule has 19 heavy (non-hydrogen) atoms. The fourth-order valence-corrected chi connectivity index (χ4v) is 2.25. The van der Waals surface area contributed by atoms with Crippen LogP contribution < -0.4 is 10.1 Å². The topological polar surface area (TPSA) is 71.5 Å². The van der Waals surface area contributed by atoms with Crippen molar-refractivity contribution < 1.29 is 14.6 Å². The molecule has 1 aromatic carbocycles. The van der Waals surface area contributed by atoms with Crippen molar-refractivity contribution in [3.63, 3.8) is 0 Å². The van der Waals surface area contributed by atoms with Crippen molar-refractivity contribution in [2.45, 2.75) is 13.5 Å². The second-order valence-corrected chi connectivity index (χ2v) is 4.84. The highest BCUT2D eigenvalue weighted by atomic mass is 32.1. The molecule has 0 unspecified atom stereocenters. The molecule has 0 spiro atoms. The number of thiazole rings is 1. The number of aryl methyl sites for hydroxylation is 1. The van der Waals surface area contributed by atoms with Gasteiger partial charge in [0.1, 0.15) is 5.75 Å². The van der Waals surface area contributed by atoms with Crippen LogP contribution in [0.1, 0.15) is 21.1 Å². The van der Waals surface area contributed by atoms with Crippen LogP contribution in [0.25, 0.3) is 0 Å². The number of methoxy groups -OCH3 is 1. The minimum atomic E-state index is -0.992. The van der Waals surface area contributed by atoms with Crippen LogP contribution >= 0.6 is 11.3 Å². The molecule has 2 N–H and O–H groups in total. The lowest BCUT2D eigenvalue weighted by molar-refractivity contribution is 0.0696. The largest absolute Gasteiger partial charge is 0.497 e. The number of hydrogen-bond donors (Lipinski definition) is 2. The van der Waals surface area contributed by atoms with E-state index in [0.29, 0.717) is 12.2 Å². The van der Waals surface area contributed by atoms with E-state index < -0.39 is 5.97 Å². The number of benzene rings is 1. The Balaban J connectivity index is 2.07. The van der Waals surface area contributed by atoms with Crippen LogP contribution in [0, 0.1) is 6.92 Å². The summed E-state index contributed by atoms with van der Waals surface area (Å²) < 4.78 is 5.17. The molecule has 1 heterocycles. The molecule has 2 aromatic rings. The van der Waals surface area contributed by atoms with Gasteiger partial charge in [0.05, 0.1) is 19.3 Å². The average Bonchev–Trinajstić information content (AvgIpc) is 2.87. The Morgan fingerprint density at radius 2 is 2.32 bits per heavy atom. The summed E-state index contributed by atoms with van der Waals surface area (Å²) >= 11 is 1.13. The van der Waals surface area contributed by atoms with Crippen LogP contribution in [0.2, 0.25) is 0 Å². The number of carboxylic acids is 1. The van der Waals surface area contributed by atoms with E-state index >= 15 is 0 Å². The van der Waals surface area contributed by atoms with Crippen LogP contribution in [0.4, 0.5) is 5.69 Å². The fourth-order valence-electron chi connectivity index (χ4n) is 1.59. The smallest absolute Gasteiger partial charge is 0.365 e. The Morgan fingerprint density at radius 1 is 1.53 bits per heavy atom. The van der Waals surface area contributed by atoms with Crippen LogP contribution in [0.3, 0.4) is 0 Å². The second-order valence-electron chi connectivity index (χ2n) is 3.98. The van der Waals surface area contributed by atoms with Gasteiger partial charge in [0.2, 0.25) is 5.01 Å². The third-order valence-electron chi connectivity index (χ3n) is 2.64. The van der Waals surface area contributed by atoms with E-state index in [1.807, 2.05) is 25.1 Å². The molecular weight excluding hydrogens is 264 g/mol. The molecule has 1 aromatic heterocycles. The zero-order valence-corrected chi connectivity index (χ0v) is 11.5. The second kappa shape index (κ2) is 5.71. The lowest BCUT2D eigenvalue weighted by Gasteiger charge is -2.10. The Kier molecular flexibility index (Phi) is 4.01. The first-order valence-corrected chi connectivity index (χ1v) is 6.54. The molecule has 5 nitrogen and oxygen atoms in total. The number of aromatic nitrogens is 1. The van der Waals surface area contributed by atoms with Gasteiger partial charge in [-0.05, 0) is 18.6 Å². The number of nitrogens with one attached hydrogen (secondary N) is 1. The predicted molar refractivity (Wildman–Crippen MR) is 74.1 cm³/mol. The Hall–Kier alpha value is -2.08. The van der Waals surface area contributed by atoms with Gasteiger partial charge in [-0.25, -0.2) is 9.78 Å². The first-order valence-electron chi connectivity index (χ1n) is 5.66. The SMILES string of the molecule is COc1ccc(C)c(NCc2csc(C(=O)O)n2)c1. The lowest BCUT2D eigenvalue weighted by atomic mass is 10.2. The molecule has 0 aliphatic heterocycles. The number of anilines is 1. The highest BCUT2D eigenvalue weighted by Gasteiger charge is 2.09. The maximum atomic E-state index is 10.7. The van der Waals surface area contributed by atoms with E-state index in [1.54, 1.807) is 12.5 Å². The van der Waals surface area contributed by atoms with Crippen molar-refractivity contribution in [1.29, 1.82) is 0 Å². The van der Waals surface area contributed by atoms with Gasteiger partial charge >= 0.3 is 5.97 Å². The Bertz CT molecular complexity index is 595. The van der Waals surface area contributed by atoms with Crippen molar-refractivity contribution in [1.82, 2.24) is 4.98 Å². The van der Waals surface area contributed by atoms with Crippen molar-refractivity contribution in [2.24, 2.45) is 0 Å². The van der Waals surface area contributed by atoms with Gasteiger partial charge in [0.15, 0.2) is 0 Å². The van der Waals surface area contributed by atoms with E-state index in [9.17, 15) is 4.79 Å². The van der Waals surface area contributed by atoms with E-state index in [2.05, 4.69) is 10.3 Å². The number of ether oxygens (including phenoxy) is 1. The molecule has 0 aliphatic carbocycles. The quantitative estimate of drug-likeness (QED) is 0.880. The maximum absolute atomic E-state index is 10.7. The van der Waals surface area contributed by atoms with Crippen LogP contribution in [0.5, 0.6) is 5.75 Å². The standard InChI is InChI=1S/C13H14N2O3S/c1-8-3-4-10(18-2)5-11(8)14-6-9-7-19-12(15-9)13(16)17/h3-5,7,14H,6H2,1-2H3,(H,16,17). The molecule has 0 saturated carbocycles. The summed E-state index contributed by atoms with van der Waals surface area (Å²) in [5.74, 6) is -0.216. The molecule has 0 atom stereocenters. The predicted octanol–water partition coefficient (Wildman–Crippen LogP) is 2.77. The molecule has 0 bridgehead atoms. The zero-order chi connectivity index (χ0) is 13.8. The first-order chi connectivity index (χ1) is 9.10. The van der Waals surface area contributed by atoms with E-state index in [0.717, 1.165) is 28.3 Å². The van der Waals surface area contributed by atoms with E-state index in [1.165, 1.54) is 0 Å². The molecule has 6 heteroatoms. The zero-order valence-electron chi connectivity index (χ0n) is 10.6. The van der Waals surface area contributed by atoms with Crippen LogP contribution in [-0.2, 0) is 6.54 Å². The highest BCUT2D eigenvalue weighted by Crippen LogP contribution is 2.22. The minimum absolute atomic E-state index is 0.110. The van der Waals surface area contributed by atoms with Gasteiger partial charge in [-0.15, -0.1) is 11.3 Å². The number of carbonyl (C=O) groups is 1. The van der Waals surface area contributed by atoms with E-state index in [4.69, 9.17) is 9.84 Å². The van der Waals surface area contributed by atoms with Gasteiger partial charge in [0.25, 0.3) is 0 Å². The minimum Gasteiger partial charge on any atom is -0.497 e. The summed E-state index contributed by atoms with van der Waals surface area (Å²) in [4.78, 5) is 14.8. The van der Waals surface area contributed by atoms with Crippen molar-refractivity contribution >= 4 is 23.0 Å². The van der Waals surface area contributed by atoms with Crippen molar-refractivity contribution in [3.8, 4) is 5.75 Å². The van der Waals surface area contributed by atoms with Gasteiger partial charge in [-0.2, -0.15) is 0 Å². The third kappa shape index (κ3) is 3.23. The fraction of sp³-hybridized carbons (Fsp3) is 0.231. The molecule has 0 radical (unpaired) electrons. The van der Waals surface area contributed by atoms with Gasteiger partial charge in [-0.1, -0.05) is 6.07 Å². The summed E-state index contributed by atoms with van der Waals surface area (Å²) in [6.45, 7) is 2.48. The van der Waals surface area contributed by atoms with E-state index in [-0.39, 0.29) is 5.01 Å². The van der Waals surface area contributed by atoms with Crippen LogP contribution in [0.15, 0.2) is 23.6 Å². The van der Waals surface area contributed by atoms with Gasteiger partial charge in [-0.3, -0.25) is 0 Å². The number of nitrogens with zero attached hydrogens (tertiary/aromatic N) is 1. The summed E-state index contributed by atoms with van der Waals surface area (Å²) in [7, 11) is 1.62. The number of rotatable bonds is 5. The molecule has 100 valence electrons. The van der Waals surface area contributed by atoms with Crippen molar-refractivity contribution in [2.75, 3.05) is 12.4 Å². The first kappa shape index (κ1) is 13.4. The Labute approximate surface area is 114 Å². The molecule has 0 fully saturated rings. The summed E-state index contributed by atoms with van der Waals surface area (Å²) in [5, 5.41) is 13.9. The maximum Gasteiger partial charge on any atom is 0.365 e. The monoisotopic (exact) mass is 278 g/mol. The third-order valence-corrected chi connectivity index (χ3v) is 3.52. The molecule has 0 saturated heterocycles. The van der Waals surface area contributed by atoms with Crippen molar-refractivity contribution in [3.05, 3.63) is 39.8 Å². The number of aromatic carboxylic acids is 1. The molecule has 0 amide bonds. The summed E-state index contributed by atoms with van der Waals surface area (Å²) in [5.41, 5.74) is 2.75. The Morgan fingerprint density at radius 3 is 2.95 bits per heavy atom. The summed E-state index contributed by atoms with van der Waals surface area (Å²) in [6.07, 6.45) is 0. The van der Waals surface area contributed by atoms with Gasteiger partial charge < -0.3 is 15.2 Å². The van der Waals surface area contributed by atoms with Gasteiger partial charge in [0, 0.05) is 17.1 Å². The lowest BCUT2D eigenvalue weighted by Crippen LogP contribution is -2.03. The number of carboxylic acid groups (broad SMARTS) is 1. The van der Waals surface area contributed by atoms with Crippen LogP contribution in [-0.4, -0.2) is 23.2 Å². The molecule has 0 aliphatic rings. The average molecular weight is 278 g/mol. The molecular formula is C13H14N2O3S. The normalized spacial score (nSPS) is 10.2. The summed E-state index contributed by atoms with van der Waals surface area (Å²) in [6, 6.07) is 5.76.